The van der Waals surface area contributed by atoms with E-state index in [1.54, 1.807) is 19.2 Å². The van der Waals surface area contributed by atoms with E-state index in [1.165, 1.54) is 0 Å². The molecule has 6 heteroatoms. The highest BCUT2D eigenvalue weighted by molar-refractivity contribution is 6.00. The molecule has 1 N–H and O–H groups in total. The van der Waals surface area contributed by atoms with Crippen LogP contribution < -0.4 is 4.74 Å². The predicted molar refractivity (Wildman–Crippen MR) is 131 cm³/mol. The molecule has 0 aliphatic rings. The van der Waals surface area contributed by atoms with E-state index in [1.807, 2.05) is 84.9 Å². The molecule has 0 atom stereocenters. The summed E-state index contributed by atoms with van der Waals surface area (Å²) in [6.45, 7) is 0. The van der Waals surface area contributed by atoms with Crippen molar-refractivity contribution in [2.45, 2.75) is 0 Å². The highest BCUT2D eigenvalue weighted by Crippen LogP contribution is 2.37. The summed E-state index contributed by atoms with van der Waals surface area (Å²) >= 11 is 0. The van der Waals surface area contributed by atoms with Crippen molar-refractivity contribution in [1.82, 2.24) is 0 Å². The first-order valence-corrected chi connectivity index (χ1v) is 10.4. The first-order valence-electron chi connectivity index (χ1n) is 10.4. The summed E-state index contributed by atoms with van der Waals surface area (Å²) < 4.78 is 5.18. The molecule has 5 aromatic carbocycles. The van der Waals surface area contributed by atoms with Crippen LogP contribution in [-0.4, -0.2) is 12.2 Å². The van der Waals surface area contributed by atoms with Gasteiger partial charge in [-0.25, -0.2) is 0 Å². The van der Waals surface area contributed by atoms with E-state index in [-0.39, 0.29) is 5.75 Å². The first kappa shape index (κ1) is 20.3. The Labute approximate surface area is 190 Å². The van der Waals surface area contributed by atoms with Gasteiger partial charge >= 0.3 is 0 Å². The molecular weight excluding hydrogens is 412 g/mol. The smallest absolute Gasteiger partial charge is 0.123 e. The van der Waals surface area contributed by atoms with Gasteiger partial charge in [-0.05, 0) is 48.5 Å². The third-order valence-corrected chi connectivity index (χ3v) is 5.37. The largest absolute Gasteiger partial charge is 0.507 e. The lowest BCUT2D eigenvalue weighted by molar-refractivity contribution is 0.415. The van der Waals surface area contributed by atoms with Gasteiger partial charge in [0.25, 0.3) is 0 Å². The predicted octanol–water partition coefficient (Wildman–Crippen LogP) is 8.54. The number of hydrogen-bond donors (Lipinski definition) is 1. The van der Waals surface area contributed by atoms with Crippen LogP contribution in [0.5, 0.6) is 11.5 Å². The maximum absolute atomic E-state index is 10.1. The van der Waals surface area contributed by atoms with Gasteiger partial charge in [0.05, 0.1) is 29.9 Å². The number of aromatic hydroxyl groups is 1. The summed E-state index contributed by atoms with van der Waals surface area (Å²) in [4.78, 5) is 0. The minimum absolute atomic E-state index is 0.224. The van der Waals surface area contributed by atoms with Crippen LogP contribution in [0.1, 0.15) is 0 Å². The van der Waals surface area contributed by atoms with Gasteiger partial charge in [0.15, 0.2) is 0 Å². The molecule has 6 nitrogen and oxygen atoms in total. The zero-order valence-electron chi connectivity index (χ0n) is 17.9. The third kappa shape index (κ3) is 4.14. The molecule has 0 aliphatic carbocycles. The van der Waals surface area contributed by atoms with Crippen molar-refractivity contribution < 1.29 is 9.84 Å². The van der Waals surface area contributed by atoms with E-state index in [0.717, 1.165) is 44.4 Å². The number of azo groups is 2. The molecule has 0 amide bonds. The molecule has 0 fully saturated rings. The maximum Gasteiger partial charge on any atom is 0.123 e. The van der Waals surface area contributed by atoms with Crippen LogP contribution in [0.3, 0.4) is 0 Å². The number of methoxy groups -OCH3 is 1. The SMILES string of the molecule is COc1ccc(N=Nc2ccc(N=Nc3ccc(O)c4ccccc34)c3ccccc23)cc1. The summed E-state index contributed by atoms with van der Waals surface area (Å²) in [6.07, 6.45) is 0. The Morgan fingerprint density at radius 1 is 0.515 bits per heavy atom. The van der Waals surface area contributed by atoms with E-state index < -0.39 is 0 Å². The lowest BCUT2D eigenvalue weighted by Gasteiger charge is -2.06. The van der Waals surface area contributed by atoms with Crippen LogP contribution in [0.15, 0.2) is 118 Å². The molecule has 0 radical (unpaired) electrons. The van der Waals surface area contributed by atoms with E-state index >= 15 is 0 Å². The van der Waals surface area contributed by atoms with Crippen LogP contribution in [0.2, 0.25) is 0 Å². The molecule has 0 saturated heterocycles. The first-order chi connectivity index (χ1) is 16.2. The van der Waals surface area contributed by atoms with E-state index in [4.69, 9.17) is 4.74 Å². The molecule has 5 rings (SSSR count). The van der Waals surface area contributed by atoms with Crippen LogP contribution in [0.25, 0.3) is 21.5 Å². The second-order valence-corrected chi connectivity index (χ2v) is 7.40. The molecule has 0 aromatic heterocycles. The quantitative estimate of drug-likeness (QED) is 0.282. The van der Waals surface area contributed by atoms with Gasteiger partial charge in [0.2, 0.25) is 0 Å². The number of fused-ring (bicyclic) bond motifs is 2. The highest BCUT2D eigenvalue weighted by atomic mass is 16.5. The fraction of sp³-hybridized carbons (Fsp3) is 0.0370. The minimum Gasteiger partial charge on any atom is -0.507 e. The number of hydrogen-bond acceptors (Lipinski definition) is 6. The number of nitrogens with zero attached hydrogens (tertiary/aromatic N) is 4. The summed E-state index contributed by atoms with van der Waals surface area (Å²) in [5.74, 6) is 0.997. The number of phenols is 1. The second-order valence-electron chi connectivity index (χ2n) is 7.40. The maximum atomic E-state index is 10.1. The van der Waals surface area contributed by atoms with Gasteiger partial charge in [-0.15, -0.1) is 15.3 Å². The normalized spacial score (nSPS) is 11.7. The van der Waals surface area contributed by atoms with Gasteiger partial charge in [-0.1, -0.05) is 48.5 Å². The molecule has 0 unspecified atom stereocenters. The average Bonchev–Trinajstić information content (AvgIpc) is 2.88. The van der Waals surface area contributed by atoms with Crippen molar-refractivity contribution in [1.29, 1.82) is 0 Å². The van der Waals surface area contributed by atoms with E-state index in [0.29, 0.717) is 5.69 Å². The standard InChI is InChI=1S/C27H20N4O2/c1-33-19-12-10-18(11-13-19)28-29-24-14-15-25(21-7-3-2-6-20(21)24)30-31-26-16-17-27(32)23-9-5-4-8-22(23)26/h2-17,32H,1H3. The van der Waals surface area contributed by atoms with Crippen molar-refractivity contribution >= 4 is 44.3 Å². The fourth-order valence-corrected chi connectivity index (χ4v) is 3.66. The van der Waals surface area contributed by atoms with Crippen LogP contribution in [0.4, 0.5) is 22.7 Å². The minimum atomic E-state index is 0.224. The zero-order valence-corrected chi connectivity index (χ0v) is 17.9. The van der Waals surface area contributed by atoms with Gasteiger partial charge in [0, 0.05) is 21.5 Å². The lowest BCUT2D eigenvalue weighted by atomic mass is 10.1. The summed E-state index contributed by atoms with van der Waals surface area (Å²) in [7, 11) is 1.63. The molecule has 0 heterocycles. The van der Waals surface area contributed by atoms with Crippen LogP contribution in [0, 0.1) is 0 Å². The third-order valence-electron chi connectivity index (χ3n) is 5.37. The van der Waals surface area contributed by atoms with Gasteiger partial charge in [0.1, 0.15) is 11.5 Å². The number of rotatable bonds is 5. The molecule has 160 valence electrons. The Bertz CT molecular complexity index is 1510. The van der Waals surface area contributed by atoms with Crippen molar-refractivity contribution in [3.63, 3.8) is 0 Å². The Morgan fingerprint density at radius 3 is 1.52 bits per heavy atom. The molecule has 33 heavy (non-hydrogen) atoms. The Hall–Kier alpha value is -4.58. The van der Waals surface area contributed by atoms with E-state index in [9.17, 15) is 5.11 Å². The lowest BCUT2D eigenvalue weighted by Crippen LogP contribution is -1.79. The number of phenolic OH excluding ortho intramolecular Hbond substituents is 1. The number of ether oxygens (including phenoxy) is 1. The van der Waals surface area contributed by atoms with Crippen LogP contribution >= 0.6 is 0 Å². The number of benzene rings is 5. The Kier molecular flexibility index (Phi) is 5.47. The van der Waals surface area contributed by atoms with Crippen molar-refractivity contribution in [2.75, 3.05) is 7.11 Å². The van der Waals surface area contributed by atoms with Crippen molar-refractivity contribution in [3.8, 4) is 11.5 Å². The fourth-order valence-electron chi connectivity index (χ4n) is 3.66. The van der Waals surface area contributed by atoms with Crippen molar-refractivity contribution in [3.05, 3.63) is 97.1 Å². The summed E-state index contributed by atoms with van der Waals surface area (Å²) in [5, 5.41) is 31.4. The van der Waals surface area contributed by atoms with Gasteiger partial charge < -0.3 is 9.84 Å². The van der Waals surface area contributed by atoms with Crippen LogP contribution in [-0.2, 0) is 0 Å². The Morgan fingerprint density at radius 2 is 0.970 bits per heavy atom. The zero-order chi connectivity index (χ0) is 22.6. The van der Waals surface area contributed by atoms with Crippen molar-refractivity contribution in [2.24, 2.45) is 20.5 Å². The van der Waals surface area contributed by atoms with Gasteiger partial charge in [-0.2, -0.15) is 5.11 Å². The molecule has 0 bridgehead atoms. The molecule has 0 saturated carbocycles. The highest BCUT2D eigenvalue weighted by Gasteiger charge is 2.07. The topological polar surface area (TPSA) is 78.9 Å². The average molecular weight is 432 g/mol. The van der Waals surface area contributed by atoms with Gasteiger partial charge in [-0.3, -0.25) is 0 Å². The van der Waals surface area contributed by atoms with E-state index in [2.05, 4.69) is 20.5 Å². The summed E-state index contributed by atoms with van der Waals surface area (Å²) in [5.41, 5.74) is 2.90. The monoisotopic (exact) mass is 432 g/mol. The molecular formula is C27H20N4O2. The molecule has 0 aliphatic heterocycles. The second kappa shape index (κ2) is 8.88. The molecule has 5 aromatic rings. The Balaban J connectivity index is 1.51. The summed E-state index contributed by atoms with van der Waals surface area (Å²) in [6, 6.07) is 30.1. The molecule has 0 spiro atoms.